The van der Waals surface area contributed by atoms with Crippen LogP contribution in [0.1, 0.15) is 4.88 Å². The fourth-order valence-corrected chi connectivity index (χ4v) is 3.33. The minimum atomic E-state index is -3.48. The fourth-order valence-electron chi connectivity index (χ4n) is 1.62. The van der Waals surface area contributed by atoms with E-state index in [9.17, 15) is 8.42 Å². The number of rotatable bonds is 5. The fraction of sp³-hybridized carbons (Fsp3) is 0.143. The Morgan fingerprint density at radius 1 is 1.30 bits per heavy atom. The maximum atomic E-state index is 12.1. The van der Waals surface area contributed by atoms with Crippen LogP contribution in [0.3, 0.4) is 0 Å². The Bertz CT molecular complexity index is 799. The Balaban J connectivity index is 2.01. The van der Waals surface area contributed by atoms with Crippen LogP contribution in [0.15, 0.2) is 51.8 Å². The molecule has 0 spiro atoms. The molecule has 0 bridgehead atoms. The summed E-state index contributed by atoms with van der Waals surface area (Å²) in [6.07, 6.45) is 1.66. The molecule has 0 aliphatic carbocycles. The van der Waals surface area contributed by atoms with Crippen molar-refractivity contribution in [3.05, 3.63) is 46.7 Å². The van der Waals surface area contributed by atoms with Crippen LogP contribution in [0.2, 0.25) is 0 Å². The number of nitrogens with zero attached hydrogens (tertiary/aromatic N) is 2. The summed E-state index contributed by atoms with van der Waals surface area (Å²) >= 11 is 6.69. The molecule has 0 amide bonds. The van der Waals surface area contributed by atoms with Crippen molar-refractivity contribution in [1.82, 2.24) is 9.73 Å². The molecule has 6 nitrogen and oxygen atoms in total. The molecule has 0 atom stereocenters. The summed E-state index contributed by atoms with van der Waals surface area (Å²) < 4.78 is 25.4. The normalized spacial score (nSPS) is 11.8. The summed E-state index contributed by atoms with van der Waals surface area (Å²) in [5, 5.41) is 9.14. The summed E-state index contributed by atoms with van der Waals surface area (Å²) in [6, 6.07) is 10.3. The van der Waals surface area contributed by atoms with Crippen molar-refractivity contribution in [2.45, 2.75) is 4.90 Å². The second kappa shape index (κ2) is 7.64. The lowest BCUT2D eigenvalue weighted by Gasteiger charge is -2.13. The average Bonchev–Trinajstić information content (AvgIpc) is 3.00. The van der Waals surface area contributed by atoms with E-state index in [1.807, 2.05) is 17.5 Å². The van der Waals surface area contributed by atoms with E-state index in [-0.39, 0.29) is 10.0 Å². The third-order valence-electron chi connectivity index (χ3n) is 2.77. The number of hydrogen-bond donors (Lipinski definition) is 2. The predicted octanol–water partition coefficient (Wildman–Crippen LogP) is 2.32. The number of thiophene rings is 1. The Labute approximate surface area is 144 Å². The van der Waals surface area contributed by atoms with Gasteiger partial charge in [0.15, 0.2) is 5.11 Å². The van der Waals surface area contributed by atoms with Gasteiger partial charge in [0.25, 0.3) is 0 Å². The van der Waals surface area contributed by atoms with Crippen molar-refractivity contribution in [2.24, 2.45) is 5.10 Å². The van der Waals surface area contributed by atoms with Crippen molar-refractivity contribution >= 4 is 50.6 Å². The zero-order chi connectivity index (χ0) is 16.9. The first-order valence-electron chi connectivity index (χ1n) is 6.56. The lowest BCUT2D eigenvalue weighted by Crippen LogP contribution is -2.25. The van der Waals surface area contributed by atoms with Gasteiger partial charge in [-0.3, -0.25) is 5.43 Å². The first kappa shape index (κ1) is 17.5. The molecule has 0 aliphatic heterocycles. The smallest absolute Gasteiger partial charge is 0.242 e. The number of hydrazone groups is 1. The molecule has 0 saturated carbocycles. The van der Waals surface area contributed by atoms with Crippen LogP contribution in [0.5, 0.6) is 0 Å². The SMILES string of the molecule is CN(C)S(=O)(=O)c1cccc(NC(=S)N/N=C\c2cccs2)c1. The highest BCUT2D eigenvalue weighted by Crippen LogP contribution is 2.17. The van der Waals surface area contributed by atoms with E-state index < -0.39 is 10.0 Å². The molecule has 0 fully saturated rings. The summed E-state index contributed by atoms with van der Waals surface area (Å²) in [5.74, 6) is 0. The lowest BCUT2D eigenvalue weighted by molar-refractivity contribution is 0.521. The molecule has 0 saturated heterocycles. The molecule has 23 heavy (non-hydrogen) atoms. The summed E-state index contributed by atoms with van der Waals surface area (Å²) in [6.45, 7) is 0. The van der Waals surface area contributed by atoms with Crippen LogP contribution in [0, 0.1) is 0 Å². The van der Waals surface area contributed by atoms with E-state index in [0.717, 1.165) is 9.18 Å². The van der Waals surface area contributed by atoms with Crippen LogP contribution < -0.4 is 10.7 Å². The topological polar surface area (TPSA) is 73.8 Å². The van der Waals surface area contributed by atoms with Gasteiger partial charge < -0.3 is 5.32 Å². The maximum Gasteiger partial charge on any atom is 0.242 e. The van der Waals surface area contributed by atoms with E-state index in [1.165, 1.54) is 26.2 Å². The number of thiocarbonyl (C=S) groups is 1. The molecule has 0 radical (unpaired) electrons. The standard InChI is InChI=1S/C14H16N4O2S3/c1-18(2)23(19,20)13-7-3-5-11(9-13)16-14(21)17-15-10-12-6-4-8-22-12/h3-10H,1-2H3,(H2,16,17,21)/b15-10-. The molecule has 2 aromatic rings. The summed E-state index contributed by atoms with van der Waals surface area (Å²) in [4.78, 5) is 1.19. The van der Waals surface area contributed by atoms with Crippen molar-refractivity contribution in [1.29, 1.82) is 0 Å². The molecular weight excluding hydrogens is 352 g/mol. The van der Waals surface area contributed by atoms with Gasteiger partial charge in [-0.25, -0.2) is 12.7 Å². The number of benzene rings is 1. The Kier molecular flexibility index (Phi) is 5.83. The molecule has 2 rings (SSSR count). The summed E-state index contributed by atoms with van der Waals surface area (Å²) in [7, 11) is -0.506. The van der Waals surface area contributed by atoms with Crippen molar-refractivity contribution in [3.63, 3.8) is 0 Å². The molecule has 1 heterocycles. The number of sulfonamides is 1. The van der Waals surface area contributed by atoms with Crippen LogP contribution in [-0.4, -0.2) is 38.1 Å². The lowest BCUT2D eigenvalue weighted by atomic mass is 10.3. The monoisotopic (exact) mass is 368 g/mol. The van der Waals surface area contributed by atoms with E-state index in [0.29, 0.717) is 5.69 Å². The van der Waals surface area contributed by atoms with Crippen LogP contribution in [0.25, 0.3) is 0 Å². The molecule has 9 heteroatoms. The molecule has 2 N–H and O–H groups in total. The average molecular weight is 369 g/mol. The second-order valence-electron chi connectivity index (χ2n) is 4.65. The Morgan fingerprint density at radius 2 is 2.09 bits per heavy atom. The molecule has 0 unspecified atom stereocenters. The number of nitrogens with one attached hydrogen (secondary N) is 2. The number of anilines is 1. The zero-order valence-corrected chi connectivity index (χ0v) is 15.0. The van der Waals surface area contributed by atoms with Crippen LogP contribution in [0.4, 0.5) is 5.69 Å². The Morgan fingerprint density at radius 3 is 2.74 bits per heavy atom. The van der Waals surface area contributed by atoms with Gasteiger partial charge >= 0.3 is 0 Å². The minimum Gasteiger partial charge on any atom is -0.331 e. The highest BCUT2D eigenvalue weighted by atomic mass is 32.2. The Hall–Kier alpha value is -1.81. The van der Waals surface area contributed by atoms with Crippen molar-refractivity contribution in [3.8, 4) is 0 Å². The third-order valence-corrected chi connectivity index (χ3v) is 5.58. The van der Waals surface area contributed by atoms with Gasteiger partial charge in [0.2, 0.25) is 10.0 Å². The third kappa shape index (κ3) is 4.83. The van der Waals surface area contributed by atoms with Gasteiger partial charge in [0.1, 0.15) is 0 Å². The largest absolute Gasteiger partial charge is 0.331 e. The van der Waals surface area contributed by atoms with Gasteiger partial charge in [0, 0.05) is 24.7 Å². The predicted molar refractivity (Wildman–Crippen MR) is 98.6 cm³/mol. The number of hydrogen-bond acceptors (Lipinski definition) is 5. The first-order chi connectivity index (χ1) is 10.9. The van der Waals surface area contributed by atoms with Gasteiger partial charge in [-0.1, -0.05) is 12.1 Å². The van der Waals surface area contributed by atoms with Crippen molar-refractivity contribution < 1.29 is 8.42 Å². The molecule has 1 aromatic carbocycles. The van der Waals surface area contributed by atoms with Crippen molar-refractivity contribution in [2.75, 3.05) is 19.4 Å². The van der Waals surface area contributed by atoms with E-state index in [2.05, 4.69) is 15.8 Å². The van der Waals surface area contributed by atoms with E-state index in [4.69, 9.17) is 12.2 Å². The maximum absolute atomic E-state index is 12.1. The van der Waals surface area contributed by atoms with E-state index in [1.54, 1.807) is 29.7 Å². The minimum absolute atomic E-state index is 0.192. The van der Waals surface area contributed by atoms with Gasteiger partial charge in [-0.2, -0.15) is 5.10 Å². The second-order valence-corrected chi connectivity index (χ2v) is 8.19. The molecular formula is C14H16N4O2S3. The van der Waals surface area contributed by atoms with Gasteiger partial charge in [0.05, 0.1) is 11.1 Å². The van der Waals surface area contributed by atoms with Crippen LogP contribution >= 0.6 is 23.6 Å². The summed E-state index contributed by atoms with van der Waals surface area (Å²) in [5.41, 5.74) is 3.25. The quantitative estimate of drug-likeness (QED) is 0.481. The highest BCUT2D eigenvalue weighted by Gasteiger charge is 2.17. The molecule has 0 aliphatic rings. The van der Waals surface area contributed by atoms with Gasteiger partial charge in [-0.15, -0.1) is 11.3 Å². The highest BCUT2D eigenvalue weighted by molar-refractivity contribution is 7.89. The molecule has 1 aromatic heterocycles. The van der Waals surface area contributed by atoms with Gasteiger partial charge in [-0.05, 0) is 41.9 Å². The first-order valence-corrected chi connectivity index (χ1v) is 9.28. The van der Waals surface area contributed by atoms with Crippen LogP contribution in [-0.2, 0) is 10.0 Å². The van der Waals surface area contributed by atoms with E-state index >= 15 is 0 Å². The molecule has 122 valence electrons. The zero-order valence-electron chi connectivity index (χ0n) is 12.6.